The first-order chi connectivity index (χ1) is 11.2. The smallest absolute Gasteiger partial charge is 0.335 e. The van der Waals surface area contributed by atoms with Gasteiger partial charge in [-0.2, -0.15) is 0 Å². The first kappa shape index (κ1) is 14.9. The minimum absolute atomic E-state index is 0.283. The van der Waals surface area contributed by atoms with E-state index in [2.05, 4.69) is 0 Å². The second-order valence-electron chi connectivity index (χ2n) is 5.18. The van der Waals surface area contributed by atoms with Crippen molar-refractivity contribution in [3.8, 4) is 16.9 Å². The molecule has 0 atom stereocenters. The summed E-state index contributed by atoms with van der Waals surface area (Å²) in [6, 6.07) is 24.6. The molecular formula is C20H16O3. The highest BCUT2D eigenvalue weighted by molar-refractivity contribution is 5.88. The minimum Gasteiger partial charge on any atom is -0.489 e. The Balaban J connectivity index is 1.75. The SMILES string of the molecule is O=C(O)c1ccc(-c2cccc(OCc3ccccc3)c2)cc1. The Morgan fingerprint density at radius 2 is 1.57 bits per heavy atom. The molecule has 0 aliphatic rings. The maximum Gasteiger partial charge on any atom is 0.335 e. The summed E-state index contributed by atoms with van der Waals surface area (Å²) in [6.07, 6.45) is 0. The molecule has 0 aliphatic heterocycles. The molecule has 3 aromatic rings. The number of hydrogen-bond donors (Lipinski definition) is 1. The zero-order valence-corrected chi connectivity index (χ0v) is 12.5. The maximum atomic E-state index is 10.9. The third kappa shape index (κ3) is 3.77. The lowest BCUT2D eigenvalue weighted by molar-refractivity contribution is 0.0697. The molecule has 0 aromatic heterocycles. The van der Waals surface area contributed by atoms with Gasteiger partial charge in [-0.3, -0.25) is 0 Å². The quantitative estimate of drug-likeness (QED) is 0.747. The van der Waals surface area contributed by atoms with Gasteiger partial charge in [0.2, 0.25) is 0 Å². The van der Waals surface area contributed by atoms with Crippen LogP contribution in [-0.4, -0.2) is 11.1 Å². The van der Waals surface area contributed by atoms with Crippen LogP contribution in [0.15, 0.2) is 78.9 Å². The molecule has 0 saturated heterocycles. The van der Waals surface area contributed by atoms with Crippen molar-refractivity contribution in [2.24, 2.45) is 0 Å². The number of ether oxygens (including phenoxy) is 1. The Labute approximate surface area is 134 Å². The van der Waals surface area contributed by atoms with Crippen LogP contribution in [0.1, 0.15) is 15.9 Å². The molecule has 1 N–H and O–H groups in total. The zero-order valence-electron chi connectivity index (χ0n) is 12.5. The Morgan fingerprint density at radius 3 is 2.26 bits per heavy atom. The molecule has 23 heavy (non-hydrogen) atoms. The fraction of sp³-hybridized carbons (Fsp3) is 0.0500. The van der Waals surface area contributed by atoms with Gasteiger partial charge in [-0.25, -0.2) is 4.79 Å². The lowest BCUT2D eigenvalue weighted by Crippen LogP contribution is -1.96. The van der Waals surface area contributed by atoms with Gasteiger partial charge in [-0.05, 0) is 41.0 Å². The summed E-state index contributed by atoms with van der Waals surface area (Å²) < 4.78 is 5.82. The van der Waals surface area contributed by atoms with E-state index in [0.29, 0.717) is 6.61 Å². The fourth-order valence-electron chi connectivity index (χ4n) is 2.31. The third-order valence-electron chi connectivity index (χ3n) is 3.55. The van der Waals surface area contributed by atoms with Crippen LogP contribution in [0.2, 0.25) is 0 Å². The van der Waals surface area contributed by atoms with Gasteiger partial charge in [0.1, 0.15) is 12.4 Å². The molecule has 0 unspecified atom stereocenters. The van der Waals surface area contributed by atoms with Gasteiger partial charge in [-0.15, -0.1) is 0 Å². The predicted octanol–water partition coefficient (Wildman–Crippen LogP) is 4.63. The van der Waals surface area contributed by atoms with Crippen LogP contribution in [0.3, 0.4) is 0 Å². The highest BCUT2D eigenvalue weighted by atomic mass is 16.5. The van der Waals surface area contributed by atoms with Crippen LogP contribution >= 0.6 is 0 Å². The van der Waals surface area contributed by atoms with Crippen LogP contribution in [0, 0.1) is 0 Å². The molecule has 0 bridgehead atoms. The van der Waals surface area contributed by atoms with Crippen LogP contribution in [-0.2, 0) is 6.61 Å². The minimum atomic E-state index is -0.920. The molecule has 3 rings (SSSR count). The van der Waals surface area contributed by atoms with Crippen LogP contribution < -0.4 is 4.74 Å². The number of hydrogen-bond acceptors (Lipinski definition) is 2. The Kier molecular flexibility index (Phi) is 4.39. The topological polar surface area (TPSA) is 46.5 Å². The summed E-state index contributed by atoms with van der Waals surface area (Å²) in [4.78, 5) is 10.9. The van der Waals surface area contributed by atoms with E-state index in [1.807, 2.05) is 54.6 Å². The first-order valence-corrected chi connectivity index (χ1v) is 7.33. The highest BCUT2D eigenvalue weighted by Crippen LogP contribution is 2.24. The molecule has 3 nitrogen and oxygen atoms in total. The van der Waals surface area contributed by atoms with Gasteiger partial charge in [0.05, 0.1) is 5.56 Å². The van der Waals surface area contributed by atoms with E-state index in [1.165, 1.54) is 0 Å². The van der Waals surface area contributed by atoms with Crippen molar-refractivity contribution in [2.45, 2.75) is 6.61 Å². The zero-order chi connectivity index (χ0) is 16.1. The highest BCUT2D eigenvalue weighted by Gasteiger charge is 2.04. The van der Waals surface area contributed by atoms with E-state index in [9.17, 15) is 4.79 Å². The molecule has 0 fully saturated rings. The average molecular weight is 304 g/mol. The van der Waals surface area contributed by atoms with Crippen molar-refractivity contribution in [1.82, 2.24) is 0 Å². The third-order valence-corrected chi connectivity index (χ3v) is 3.55. The number of rotatable bonds is 5. The van der Waals surface area contributed by atoms with Crippen LogP contribution in [0.4, 0.5) is 0 Å². The van der Waals surface area contributed by atoms with Gasteiger partial charge >= 0.3 is 5.97 Å². The lowest BCUT2D eigenvalue weighted by Gasteiger charge is -2.08. The molecular weight excluding hydrogens is 288 g/mol. The summed E-state index contributed by atoms with van der Waals surface area (Å²) >= 11 is 0. The Morgan fingerprint density at radius 1 is 0.826 bits per heavy atom. The van der Waals surface area contributed by atoms with E-state index in [0.717, 1.165) is 22.4 Å². The fourth-order valence-corrected chi connectivity index (χ4v) is 2.31. The largest absolute Gasteiger partial charge is 0.489 e. The molecule has 114 valence electrons. The summed E-state index contributed by atoms with van der Waals surface area (Å²) in [5, 5.41) is 8.95. The molecule has 3 aromatic carbocycles. The summed E-state index contributed by atoms with van der Waals surface area (Å²) in [5.41, 5.74) is 3.35. The van der Waals surface area contributed by atoms with E-state index in [-0.39, 0.29) is 5.56 Å². The standard InChI is InChI=1S/C20H16O3/c21-20(22)17-11-9-16(10-12-17)18-7-4-8-19(13-18)23-14-15-5-2-1-3-6-15/h1-13H,14H2,(H,21,22). The number of carboxylic acid groups (broad SMARTS) is 1. The van der Waals surface area contributed by atoms with Crippen molar-refractivity contribution in [2.75, 3.05) is 0 Å². The second-order valence-corrected chi connectivity index (χ2v) is 5.18. The van der Waals surface area contributed by atoms with Crippen molar-refractivity contribution in [3.05, 3.63) is 90.0 Å². The Bertz CT molecular complexity index is 793. The maximum absolute atomic E-state index is 10.9. The molecule has 0 radical (unpaired) electrons. The number of aromatic carboxylic acids is 1. The van der Waals surface area contributed by atoms with Gasteiger partial charge in [0, 0.05) is 0 Å². The number of carbonyl (C=O) groups is 1. The van der Waals surface area contributed by atoms with E-state index < -0.39 is 5.97 Å². The Hall–Kier alpha value is -3.07. The lowest BCUT2D eigenvalue weighted by atomic mass is 10.0. The summed E-state index contributed by atoms with van der Waals surface area (Å²) in [7, 11) is 0. The van der Waals surface area contributed by atoms with Gasteiger partial charge < -0.3 is 9.84 Å². The van der Waals surface area contributed by atoms with Crippen LogP contribution in [0.5, 0.6) is 5.75 Å². The van der Waals surface area contributed by atoms with E-state index in [1.54, 1.807) is 24.3 Å². The molecule has 3 heteroatoms. The first-order valence-electron chi connectivity index (χ1n) is 7.33. The predicted molar refractivity (Wildman–Crippen MR) is 89.6 cm³/mol. The number of carboxylic acids is 1. The molecule has 0 saturated carbocycles. The van der Waals surface area contributed by atoms with Crippen LogP contribution in [0.25, 0.3) is 11.1 Å². The normalized spacial score (nSPS) is 10.3. The molecule has 0 amide bonds. The number of benzene rings is 3. The van der Waals surface area contributed by atoms with E-state index in [4.69, 9.17) is 9.84 Å². The summed E-state index contributed by atoms with van der Waals surface area (Å²) in [5.74, 6) is -0.134. The van der Waals surface area contributed by atoms with E-state index >= 15 is 0 Å². The van der Waals surface area contributed by atoms with Gasteiger partial charge in [-0.1, -0.05) is 54.6 Å². The van der Waals surface area contributed by atoms with Crippen molar-refractivity contribution >= 4 is 5.97 Å². The average Bonchev–Trinajstić information content (AvgIpc) is 2.61. The monoisotopic (exact) mass is 304 g/mol. The van der Waals surface area contributed by atoms with Gasteiger partial charge in [0.15, 0.2) is 0 Å². The molecule has 0 spiro atoms. The second kappa shape index (κ2) is 6.79. The molecule has 0 aliphatic carbocycles. The van der Waals surface area contributed by atoms with Gasteiger partial charge in [0.25, 0.3) is 0 Å². The van der Waals surface area contributed by atoms with Crippen molar-refractivity contribution < 1.29 is 14.6 Å². The summed E-state index contributed by atoms with van der Waals surface area (Å²) in [6.45, 7) is 0.516. The molecule has 0 heterocycles. The van der Waals surface area contributed by atoms with Crippen molar-refractivity contribution in [3.63, 3.8) is 0 Å². The van der Waals surface area contributed by atoms with Crippen molar-refractivity contribution in [1.29, 1.82) is 0 Å².